The van der Waals surface area contributed by atoms with Crippen molar-refractivity contribution in [1.82, 2.24) is 4.98 Å². The molecular weight excluding hydrogens is 298 g/mol. The van der Waals surface area contributed by atoms with Crippen molar-refractivity contribution in [2.75, 3.05) is 0 Å². The third kappa shape index (κ3) is 4.66. The summed E-state index contributed by atoms with van der Waals surface area (Å²) < 4.78 is 0. The summed E-state index contributed by atoms with van der Waals surface area (Å²) in [4.78, 5) is 16.0. The van der Waals surface area contributed by atoms with Gasteiger partial charge in [0, 0.05) is 11.6 Å². The number of rotatable bonds is 3. The Labute approximate surface area is 144 Å². The molecule has 3 aromatic rings. The minimum absolute atomic E-state index is 0.347. The topological polar surface area (TPSA) is 50.2 Å². The maximum atomic E-state index is 11.6. The van der Waals surface area contributed by atoms with Crippen LogP contribution in [-0.4, -0.2) is 16.1 Å². The highest BCUT2D eigenvalue weighted by Crippen LogP contribution is 2.22. The third-order valence-corrected chi connectivity index (χ3v) is 3.31. The van der Waals surface area contributed by atoms with Gasteiger partial charge in [-0.2, -0.15) is 0 Å². The summed E-state index contributed by atoms with van der Waals surface area (Å²) in [5.74, 6) is -0.908. The van der Waals surface area contributed by atoms with E-state index in [0.29, 0.717) is 22.9 Å². The number of carboxylic acids is 1. The number of hydrogen-bond donors (Lipinski definition) is 1. The van der Waals surface area contributed by atoms with Gasteiger partial charge in [0.05, 0.1) is 11.1 Å². The van der Waals surface area contributed by atoms with Gasteiger partial charge in [0.1, 0.15) is 0 Å². The zero-order valence-corrected chi connectivity index (χ0v) is 14.8. The maximum Gasteiger partial charge on any atom is 0.336 e. The summed E-state index contributed by atoms with van der Waals surface area (Å²) in [5, 5.41) is 10.2. The molecule has 0 radical (unpaired) electrons. The molecule has 0 bridgehead atoms. The van der Waals surface area contributed by atoms with Crippen LogP contribution in [-0.2, 0) is 6.42 Å². The molecule has 1 N–H and O–H groups in total. The number of hydrogen-bond acceptors (Lipinski definition) is 2. The van der Waals surface area contributed by atoms with E-state index in [9.17, 15) is 9.90 Å². The van der Waals surface area contributed by atoms with E-state index in [2.05, 4.69) is 4.98 Å². The molecule has 3 heteroatoms. The van der Waals surface area contributed by atoms with Crippen molar-refractivity contribution < 1.29 is 9.90 Å². The first-order chi connectivity index (χ1) is 11.8. The molecule has 1 heterocycles. The fourth-order valence-electron chi connectivity index (χ4n) is 2.38. The first-order valence-electron chi connectivity index (χ1n) is 8.39. The minimum atomic E-state index is -0.908. The van der Waals surface area contributed by atoms with Crippen molar-refractivity contribution in [1.29, 1.82) is 0 Å². The molecule has 0 aliphatic heterocycles. The van der Waals surface area contributed by atoms with Crippen molar-refractivity contribution in [3.8, 4) is 0 Å². The molecule has 0 atom stereocenters. The Kier molecular flexibility index (Phi) is 8.20. The van der Waals surface area contributed by atoms with E-state index in [-0.39, 0.29) is 0 Å². The summed E-state index contributed by atoms with van der Waals surface area (Å²) in [5.41, 5.74) is 2.87. The molecule has 0 amide bonds. The van der Waals surface area contributed by atoms with Crippen LogP contribution in [0.25, 0.3) is 10.9 Å². The summed E-state index contributed by atoms with van der Waals surface area (Å²) in [6.07, 6.45) is 2.24. The van der Waals surface area contributed by atoms with Crippen LogP contribution >= 0.6 is 0 Å². The maximum absolute atomic E-state index is 11.6. The van der Waals surface area contributed by atoms with E-state index in [0.717, 1.165) is 11.1 Å². The average Bonchev–Trinajstić information content (AvgIpc) is 2.65. The lowest BCUT2D eigenvalue weighted by Crippen LogP contribution is -2.05. The minimum Gasteiger partial charge on any atom is -0.478 e. The Morgan fingerprint density at radius 1 is 0.917 bits per heavy atom. The summed E-state index contributed by atoms with van der Waals surface area (Å²) in [6, 6.07) is 17.1. The van der Waals surface area contributed by atoms with Gasteiger partial charge in [-0.25, -0.2) is 4.79 Å². The fourth-order valence-corrected chi connectivity index (χ4v) is 2.38. The molecule has 0 spiro atoms. The third-order valence-electron chi connectivity index (χ3n) is 3.31. The Morgan fingerprint density at radius 3 is 2.12 bits per heavy atom. The van der Waals surface area contributed by atoms with Crippen molar-refractivity contribution in [2.24, 2.45) is 0 Å². The number of aromatic carboxylic acids is 1. The Bertz CT molecular complexity index is 767. The smallest absolute Gasteiger partial charge is 0.336 e. The summed E-state index contributed by atoms with van der Waals surface area (Å²) in [7, 11) is 0. The number of aromatic nitrogens is 1. The molecular formula is C21H25NO2. The van der Waals surface area contributed by atoms with Crippen LogP contribution in [0.3, 0.4) is 0 Å². The molecule has 3 rings (SSSR count). The van der Waals surface area contributed by atoms with Crippen LogP contribution in [0.4, 0.5) is 0 Å². The van der Waals surface area contributed by atoms with Gasteiger partial charge in [-0.3, -0.25) is 4.98 Å². The Balaban J connectivity index is 0.000000671. The largest absolute Gasteiger partial charge is 0.478 e. The standard InChI is InChI=1S/C17H13NO2.2C2H6/c19-17(20)16-13(10-12-6-2-1-3-7-12)11-18-15-9-5-4-8-14(15)16;2*1-2/h1-9,11H,10H2,(H,19,20);2*1-2H3. The highest BCUT2D eigenvalue weighted by atomic mass is 16.4. The molecule has 2 aromatic carbocycles. The first kappa shape index (κ1) is 19.4. The molecule has 24 heavy (non-hydrogen) atoms. The molecule has 0 aliphatic carbocycles. The number of para-hydroxylation sites is 1. The second-order valence-corrected chi connectivity index (χ2v) is 4.64. The van der Waals surface area contributed by atoms with Crippen LogP contribution in [0, 0.1) is 0 Å². The Hall–Kier alpha value is -2.68. The molecule has 0 saturated heterocycles. The van der Waals surface area contributed by atoms with E-state index in [1.165, 1.54) is 0 Å². The van der Waals surface area contributed by atoms with Crippen molar-refractivity contribution in [3.63, 3.8) is 0 Å². The molecule has 0 fully saturated rings. The van der Waals surface area contributed by atoms with Gasteiger partial charge in [0.15, 0.2) is 0 Å². The monoisotopic (exact) mass is 323 g/mol. The highest BCUT2D eigenvalue weighted by molar-refractivity contribution is 6.03. The summed E-state index contributed by atoms with van der Waals surface area (Å²) in [6.45, 7) is 8.00. The lowest BCUT2D eigenvalue weighted by Gasteiger charge is -2.09. The van der Waals surface area contributed by atoms with Crippen LogP contribution in [0.15, 0.2) is 60.8 Å². The second-order valence-electron chi connectivity index (χ2n) is 4.64. The first-order valence-corrected chi connectivity index (χ1v) is 8.39. The fraction of sp³-hybridized carbons (Fsp3) is 0.238. The van der Waals surface area contributed by atoms with Gasteiger partial charge in [-0.1, -0.05) is 76.2 Å². The number of carboxylic acid groups (broad SMARTS) is 1. The van der Waals surface area contributed by atoms with Gasteiger partial charge >= 0.3 is 5.97 Å². The van der Waals surface area contributed by atoms with E-state index >= 15 is 0 Å². The average molecular weight is 323 g/mol. The Morgan fingerprint density at radius 2 is 1.50 bits per heavy atom. The molecule has 126 valence electrons. The highest BCUT2D eigenvalue weighted by Gasteiger charge is 2.15. The van der Waals surface area contributed by atoms with E-state index < -0.39 is 5.97 Å². The molecule has 0 aliphatic rings. The lowest BCUT2D eigenvalue weighted by atomic mass is 9.98. The quantitative estimate of drug-likeness (QED) is 0.685. The van der Waals surface area contributed by atoms with E-state index in [1.54, 1.807) is 12.3 Å². The van der Waals surface area contributed by atoms with Gasteiger partial charge in [0.2, 0.25) is 0 Å². The molecule has 1 aromatic heterocycles. The van der Waals surface area contributed by atoms with Crippen LogP contribution in [0.2, 0.25) is 0 Å². The van der Waals surface area contributed by atoms with Crippen LogP contribution < -0.4 is 0 Å². The predicted molar refractivity (Wildman–Crippen MR) is 101 cm³/mol. The second kappa shape index (κ2) is 10.2. The zero-order chi connectivity index (χ0) is 17.9. The van der Waals surface area contributed by atoms with E-state index in [4.69, 9.17) is 0 Å². The number of carbonyl (C=O) groups is 1. The summed E-state index contributed by atoms with van der Waals surface area (Å²) >= 11 is 0. The van der Waals surface area contributed by atoms with Gasteiger partial charge in [-0.05, 0) is 23.6 Å². The van der Waals surface area contributed by atoms with E-state index in [1.807, 2.05) is 76.2 Å². The number of benzene rings is 2. The number of fused-ring (bicyclic) bond motifs is 1. The normalized spacial score (nSPS) is 9.33. The van der Waals surface area contributed by atoms with Gasteiger partial charge < -0.3 is 5.11 Å². The zero-order valence-electron chi connectivity index (χ0n) is 14.8. The van der Waals surface area contributed by atoms with Crippen LogP contribution in [0.1, 0.15) is 49.2 Å². The number of nitrogens with zero attached hydrogens (tertiary/aromatic N) is 1. The van der Waals surface area contributed by atoms with Crippen molar-refractivity contribution in [3.05, 3.63) is 77.5 Å². The lowest BCUT2D eigenvalue weighted by molar-refractivity contribution is 0.0698. The van der Waals surface area contributed by atoms with Crippen molar-refractivity contribution >= 4 is 16.9 Å². The van der Waals surface area contributed by atoms with Crippen LogP contribution in [0.5, 0.6) is 0 Å². The number of pyridine rings is 1. The SMILES string of the molecule is CC.CC.O=C(O)c1c(Cc2ccccc2)cnc2ccccc12. The predicted octanol–water partition coefficient (Wildman–Crippen LogP) is 5.58. The van der Waals surface area contributed by atoms with Gasteiger partial charge in [-0.15, -0.1) is 0 Å². The molecule has 3 nitrogen and oxygen atoms in total. The molecule has 0 unspecified atom stereocenters. The van der Waals surface area contributed by atoms with Gasteiger partial charge in [0.25, 0.3) is 0 Å². The molecule has 0 saturated carbocycles. The van der Waals surface area contributed by atoms with Crippen molar-refractivity contribution in [2.45, 2.75) is 34.1 Å².